The monoisotopic (exact) mass is 327 g/mol. The summed E-state index contributed by atoms with van der Waals surface area (Å²) in [7, 11) is 0. The molecule has 1 fully saturated rings. The van der Waals surface area contributed by atoms with Crippen LogP contribution in [0.5, 0.6) is 0 Å². The van der Waals surface area contributed by atoms with E-state index in [4.69, 9.17) is 0 Å². The van der Waals surface area contributed by atoms with Crippen LogP contribution in [-0.2, 0) is 22.4 Å². The molecule has 3 rings (SSSR count). The van der Waals surface area contributed by atoms with Gasteiger partial charge in [0.05, 0.1) is 6.04 Å². The lowest BCUT2D eigenvalue weighted by molar-refractivity contribution is -0.122. The van der Waals surface area contributed by atoms with Crippen LogP contribution in [0.25, 0.3) is 0 Å². The van der Waals surface area contributed by atoms with Crippen molar-refractivity contribution in [2.24, 2.45) is 0 Å². The van der Waals surface area contributed by atoms with E-state index in [1.165, 1.54) is 11.5 Å². The molecule has 2 aliphatic rings. The molecular weight excluding hydrogens is 300 g/mol. The first-order valence-corrected chi connectivity index (χ1v) is 8.92. The van der Waals surface area contributed by atoms with Crippen molar-refractivity contribution < 1.29 is 9.59 Å². The molecule has 1 aromatic carbocycles. The fraction of sp³-hybridized carbons (Fsp3) is 0.550. The van der Waals surface area contributed by atoms with E-state index in [-0.39, 0.29) is 17.7 Å². The molecule has 0 N–H and O–H groups in total. The highest BCUT2D eigenvalue weighted by Crippen LogP contribution is 2.33. The topological polar surface area (TPSA) is 40.6 Å². The summed E-state index contributed by atoms with van der Waals surface area (Å²) in [6.07, 6.45) is 3.36. The lowest BCUT2D eigenvalue weighted by Gasteiger charge is -2.29. The number of nitrogens with zero attached hydrogens (tertiary/aromatic N) is 2. The molecule has 1 saturated heterocycles. The van der Waals surface area contributed by atoms with E-state index in [1.807, 2.05) is 23.1 Å². The quantitative estimate of drug-likeness (QED) is 0.835. The summed E-state index contributed by atoms with van der Waals surface area (Å²) < 4.78 is 0. The number of benzene rings is 1. The van der Waals surface area contributed by atoms with Crippen LogP contribution >= 0.6 is 0 Å². The molecule has 1 radical (unpaired) electrons. The number of rotatable bonds is 5. The highest BCUT2D eigenvalue weighted by Gasteiger charge is 2.36. The predicted octanol–water partition coefficient (Wildman–Crippen LogP) is 2.79. The van der Waals surface area contributed by atoms with Crippen molar-refractivity contribution in [2.45, 2.75) is 52.5 Å². The van der Waals surface area contributed by atoms with Gasteiger partial charge in [-0.15, -0.1) is 0 Å². The molecule has 129 valence electrons. The molecule has 4 nitrogen and oxygen atoms in total. The van der Waals surface area contributed by atoms with Gasteiger partial charge in [-0.25, -0.2) is 0 Å². The maximum Gasteiger partial charge on any atom is 0.244 e. The third kappa shape index (κ3) is 3.39. The van der Waals surface area contributed by atoms with Crippen molar-refractivity contribution in [1.29, 1.82) is 0 Å². The van der Waals surface area contributed by atoms with E-state index in [9.17, 15) is 9.59 Å². The zero-order valence-corrected chi connectivity index (χ0v) is 15.0. The number of Topliss-reactive ketones (excluding diaryl/α,β-unsaturated/α-hetero) is 1. The van der Waals surface area contributed by atoms with Gasteiger partial charge in [0.15, 0.2) is 0 Å². The van der Waals surface area contributed by atoms with Gasteiger partial charge in [0, 0.05) is 25.2 Å². The first-order valence-electron chi connectivity index (χ1n) is 8.92. The van der Waals surface area contributed by atoms with Crippen LogP contribution in [0.4, 0.5) is 5.69 Å². The van der Waals surface area contributed by atoms with Gasteiger partial charge in [0.25, 0.3) is 0 Å². The van der Waals surface area contributed by atoms with Gasteiger partial charge in [0.2, 0.25) is 5.91 Å². The van der Waals surface area contributed by atoms with Crippen molar-refractivity contribution in [3.63, 3.8) is 0 Å². The Morgan fingerprint density at radius 2 is 1.96 bits per heavy atom. The summed E-state index contributed by atoms with van der Waals surface area (Å²) in [6.45, 7) is 8.52. The van der Waals surface area contributed by atoms with Crippen LogP contribution in [0.1, 0.15) is 44.7 Å². The largest absolute Gasteiger partial charge is 0.310 e. The Kier molecular flexibility index (Phi) is 5.04. The molecular formula is C20H27N2O2. The van der Waals surface area contributed by atoms with Gasteiger partial charge < -0.3 is 4.90 Å². The van der Waals surface area contributed by atoms with E-state index in [0.29, 0.717) is 6.42 Å². The number of hydrogen-bond donors (Lipinski definition) is 0. The molecule has 0 aromatic heterocycles. The fourth-order valence-electron chi connectivity index (χ4n) is 4.05. The van der Waals surface area contributed by atoms with Crippen LogP contribution in [0, 0.1) is 5.92 Å². The molecule has 0 unspecified atom stereocenters. The Morgan fingerprint density at radius 3 is 2.67 bits per heavy atom. The average molecular weight is 327 g/mol. The summed E-state index contributed by atoms with van der Waals surface area (Å²) >= 11 is 0. The van der Waals surface area contributed by atoms with E-state index in [2.05, 4.69) is 18.7 Å². The third-order valence-corrected chi connectivity index (χ3v) is 5.00. The average Bonchev–Trinajstić information content (AvgIpc) is 3.12. The number of hydrogen-bond acceptors (Lipinski definition) is 3. The normalized spacial score (nSPS) is 20.7. The van der Waals surface area contributed by atoms with Crippen molar-refractivity contribution in [2.75, 3.05) is 24.5 Å². The molecule has 2 aliphatic heterocycles. The minimum Gasteiger partial charge on any atom is -0.310 e. The second-order valence-electron chi connectivity index (χ2n) is 7.37. The molecule has 0 aliphatic carbocycles. The summed E-state index contributed by atoms with van der Waals surface area (Å²) in [4.78, 5) is 28.9. The Morgan fingerprint density at radius 1 is 1.17 bits per heavy atom. The molecule has 0 saturated carbocycles. The number of ketones is 1. The molecule has 0 spiro atoms. The number of amides is 1. The molecule has 0 bridgehead atoms. The van der Waals surface area contributed by atoms with Gasteiger partial charge >= 0.3 is 0 Å². The van der Waals surface area contributed by atoms with Gasteiger partial charge in [-0.3, -0.25) is 14.5 Å². The minimum absolute atomic E-state index is 0.00214. The first kappa shape index (κ1) is 17.2. The minimum atomic E-state index is 0.00214. The summed E-state index contributed by atoms with van der Waals surface area (Å²) in [5, 5.41) is 0. The second kappa shape index (κ2) is 7.06. The Labute approximate surface area is 144 Å². The third-order valence-electron chi connectivity index (χ3n) is 5.00. The lowest BCUT2D eigenvalue weighted by atomic mass is 10.0. The Hall–Kier alpha value is -1.68. The zero-order valence-electron chi connectivity index (χ0n) is 15.0. The summed E-state index contributed by atoms with van der Waals surface area (Å²) in [5.41, 5.74) is 3.28. The van der Waals surface area contributed by atoms with Crippen LogP contribution < -0.4 is 4.90 Å². The Bertz CT molecular complexity index is 639. The van der Waals surface area contributed by atoms with Crippen LogP contribution in [0.2, 0.25) is 0 Å². The van der Waals surface area contributed by atoms with E-state index in [1.54, 1.807) is 6.92 Å². The molecule has 4 heteroatoms. The SMILES string of the molecule is C[C](C)CN1CCC[C@H]1C(=O)N1CCc2c(CC(C)=O)cccc21. The highest BCUT2D eigenvalue weighted by molar-refractivity contribution is 5.99. The van der Waals surface area contributed by atoms with E-state index in [0.717, 1.165) is 50.1 Å². The number of carbonyl (C=O) groups excluding carboxylic acids is 2. The van der Waals surface area contributed by atoms with Crippen LogP contribution in [-0.4, -0.2) is 42.3 Å². The maximum absolute atomic E-state index is 13.1. The molecule has 1 atom stereocenters. The van der Waals surface area contributed by atoms with Crippen molar-refractivity contribution in [3.05, 3.63) is 35.2 Å². The van der Waals surface area contributed by atoms with Gasteiger partial charge in [-0.2, -0.15) is 0 Å². The van der Waals surface area contributed by atoms with Gasteiger partial charge in [-0.1, -0.05) is 26.0 Å². The smallest absolute Gasteiger partial charge is 0.244 e. The van der Waals surface area contributed by atoms with Crippen molar-refractivity contribution in [1.82, 2.24) is 4.90 Å². The molecule has 24 heavy (non-hydrogen) atoms. The molecule has 2 heterocycles. The second-order valence-corrected chi connectivity index (χ2v) is 7.37. The number of carbonyl (C=O) groups is 2. The maximum atomic E-state index is 13.1. The van der Waals surface area contributed by atoms with Gasteiger partial charge in [0.1, 0.15) is 5.78 Å². The number of fused-ring (bicyclic) bond motifs is 1. The van der Waals surface area contributed by atoms with Crippen molar-refractivity contribution in [3.8, 4) is 0 Å². The van der Waals surface area contributed by atoms with Crippen molar-refractivity contribution >= 4 is 17.4 Å². The zero-order chi connectivity index (χ0) is 17.3. The van der Waals surface area contributed by atoms with Crippen LogP contribution in [0.3, 0.4) is 0 Å². The highest BCUT2D eigenvalue weighted by atomic mass is 16.2. The number of likely N-dealkylation sites (tertiary alicyclic amines) is 1. The molecule has 1 aromatic rings. The number of anilines is 1. The first-order chi connectivity index (χ1) is 11.5. The summed E-state index contributed by atoms with van der Waals surface area (Å²) in [5.74, 6) is 1.75. The lowest BCUT2D eigenvalue weighted by Crippen LogP contribution is -2.46. The van der Waals surface area contributed by atoms with E-state index < -0.39 is 0 Å². The molecule has 1 amide bonds. The Balaban J connectivity index is 1.80. The van der Waals surface area contributed by atoms with E-state index >= 15 is 0 Å². The van der Waals surface area contributed by atoms with Crippen LogP contribution in [0.15, 0.2) is 18.2 Å². The summed E-state index contributed by atoms with van der Waals surface area (Å²) in [6, 6.07) is 6.02. The standard InChI is InChI=1S/C20H27N2O2/c1-14(2)13-21-10-5-8-19(21)20(24)22-11-9-17-16(12-15(3)23)6-4-7-18(17)22/h4,6-7,19H,5,8-13H2,1-3H3/t19-/m0/s1. The predicted molar refractivity (Wildman–Crippen MR) is 96.1 cm³/mol. The fourth-order valence-corrected chi connectivity index (χ4v) is 4.05. The van der Waals surface area contributed by atoms with Gasteiger partial charge in [-0.05, 0) is 55.8 Å².